The Hall–Kier alpha value is -1.94. The Morgan fingerprint density at radius 2 is 1.81 bits per heavy atom. The van der Waals surface area contributed by atoms with E-state index in [9.17, 15) is 8.78 Å². The van der Waals surface area contributed by atoms with Crippen LogP contribution in [0.15, 0.2) is 48.5 Å². The molecule has 2 N–H and O–H groups in total. The summed E-state index contributed by atoms with van der Waals surface area (Å²) < 4.78 is 33.4. The zero-order chi connectivity index (χ0) is 15.5. The molecule has 0 saturated heterocycles. The Labute approximate surface area is 123 Å². The molecule has 0 aromatic heterocycles. The maximum Gasteiger partial charge on any atom is 0.306 e. The summed E-state index contributed by atoms with van der Waals surface area (Å²) >= 11 is 0. The molecular weight excluding hydrogens is 272 g/mol. The van der Waals surface area contributed by atoms with Crippen LogP contribution in [0, 0.1) is 6.92 Å². The van der Waals surface area contributed by atoms with Crippen LogP contribution in [-0.4, -0.2) is 6.61 Å². The molecule has 2 aromatic carbocycles. The van der Waals surface area contributed by atoms with Gasteiger partial charge in [-0.2, -0.15) is 8.78 Å². The molecule has 0 saturated carbocycles. The van der Waals surface area contributed by atoms with Gasteiger partial charge in [-0.1, -0.05) is 42.5 Å². The van der Waals surface area contributed by atoms with Gasteiger partial charge < -0.3 is 10.5 Å². The van der Waals surface area contributed by atoms with E-state index in [2.05, 4.69) is 0 Å². The van der Waals surface area contributed by atoms with E-state index >= 15 is 0 Å². The van der Waals surface area contributed by atoms with E-state index in [0.717, 1.165) is 11.1 Å². The number of hydrogen-bond acceptors (Lipinski definition) is 2. The number of rotatable bonds is 5. The van der Waals surface area contributed by atoms with E-state index in [4.69, 9.17) is 10.5 Å². The summed E-state index contributed by atoms with van der Waals surface area (Å²) in [5.41, 5.74) is 7.50. The van der Waals surface area contributed by atoms with Crippen LogP contribution in [-0.2, 0) is 5.92 Å². The summed E-state index contributed by atoms with van der Waals surface area (Å²) in [6, 6.07) is 12.9. The molecular formula is C17H19F2NO. The highest BCUT2D eigenvalue weighted by Crippen LogP contribution is 2.30. The van der Waals surface area contributed by atoms with Crippen molar-refractivity contribution in [2.75, 3.05) is 6.61 Å². The molecule has 2 aromatic rings. The van der Waals surface area contributed by atoms with Crippen molar-refractivity contribution in [3.63, 3.8) is 0 Å². The molecule has 2 nitrogen and oxygen atoms in total. The molecule has 0 radical (unpaired) electrons. The summed E-state index contributed by atoms with van der Waals surface area (Å²) in [7, 11) is 0. The fraction of sp³-hybridized carbons (Fsp3) is 0.294. The first-order valence-corrected chi connectivity index (χ1v) is 6.82. The van der Waals surface area contributed by atoms with Gasteiger partial charge in [-0.3, -0.25) is 0 Å². The minimum Gasteiger partial charge on any atom is -0.487 e. The number of alkyl halides is 2. The molecule has 0 unspecified atom stereocenters. The molecule has 0 aliphatic rings. The minimum absolute atomic E-state index is 0.0464. The van der Waals surface area contributed by atoms with Gasteiger partial charge in [0.1, 0.15) is 5.75 Å². The average molecular weight is 291 g/mol. The molecule has 0 amide bonds. The van der Waals surface area contributed by atoms with Crippen LogP contribution in [0.2, 0.25) is 0 Å². The molecule has 112 valence electrons. The number of nitrogens with two attached hydrogens (primary N) is 1. The van der Waals surface area contributed by atoms with Crippen molar-refractivity contribution < 1.29 is 13.5 Å². The molecule has 0 aliphatic heterocycles. The second kappa shape index (κ2) is 6.22. The molecule has 0 heterocycles. The molecule has 2 rings (SSSR count). The van der Waals surface area contributed by atoms with Crippen LogP contribution in [0.4, 0.5) is 8.78 Å². The third kappa shape index (κ3) is 3.79. The predicted molar refractivity (Wildman–Crippen MR) is 79.6 cm³/mol. The van der Waals surface area contributed by atoms with Gasteiger partial charge in [0.2, 0.25) is 0 Å². The van der Waals surface area contributed by atoms with Crippen molar-refractivity contribution >= 4 is 0 Å². The molecule has 1 atom stereocenters. The van der Waals surface area contributed by atoms with Gasteiger partial charge in [0, 0.05) is 11.6 Å². The largest absolute Gasteiger partial charge is 0.487 e. The third-order valence-corrected chi connectivity index (χ3v) is 3.33. The zero-order valence-electron chi connectivity index (χ0n) is 12.1. The lowest BCUT2D eigenvalue weighted by Gasteiger charge is -2.19. The molecule has 0 bridgehead atoms. The number of aryl methyl sites for hydroxylation is 1. The standard InChI is InChI=1S/C17H19F2NO/c1-12-10-14(13(2)20)8-9-16(12)21-11-17(18,19)15-6-4-3-5-7-15/h3-10,13H,11,20H2,1-2H3/t13-/m0/s1. The first kappa shape index (κ1) is 15.4. The van der Waals surface area contributed by atoms with Crippen LogP contribution in [0.25, 0.3) is 0 Å². The summed E-state index contributed by atoms with van der Waals surface area (Å²) in [5.74, 6) is -2.57. The van der Waals surface area contributed by atoms with Gasteiger partial charge in [-0.15, -0.1) is 0 Å². The highest BCUT2D eigenvalue weighted by Gasteiger charge is 2.32. The number of hydrogen-bond donors (Lipinski definition) is 1. The Bertz CT molecular complexity index is 597. The van der Waals surface area contributed by atoms with Crippen LogP contribution in [0.3, 0.4) is 0 Å². The molecule has 0 aliphatic carbocycles. The van der Waals surface area contributed by atoms with E-state index in [-0.39, 0.29) is 11.6 Å². The third-order valence-electron chi connectivity index (χ3n) is 3.33. The van der Waals surface area contributed by atoms with Crippen molar-refractivity contribution in [3.8, 4) is 5.75 Å². The maximum atomic E-state index is 14.0. The smallest absolute Gasteiger partial charge is 0.306 e. The van der Waals surface area contributed by atoms with Gasteiger partial charge >= 0.3 is 5.92 Å². The van der Waals surface area contributed by atoms with Gasteiger partial charge in [-0.25, -0.2) is 0 Å². The van der Waals surface area contributed by atoms with Crippen molar-refractivity contribution in [3.05, 3.63) is 65.2 Å². The highest BCUT2D eigenvalue weighted by molar-refractivity contribution is 5.37. The van der Waals surface area contributed by atoms with Crippen molar-refractivity contribution in [1.82, 2.24) is 0 Å². The number of benzene rings is 2. The highest BCUT2D eigenvalue weighted by atomic mass is 19.3. The van der Waals surface area contributed by atoms with E-state index < -0.39 is 12.5 Å². The zero-order valence-corrected chi connectivity index (χ0v) is 12.1. The summed E-state index contributed by atoms with van der Waals surface area (Å²) in [6.45, 7) is 3.01. The first-order chi connectivity index (χ1) is 9.90. The van der Waals surface area contributed by atoms with Gasteiger partial charge in [0.05, 0.1) is 0 Å². The minimum atomic E-state index is -3.02. The Balaban J connectivity index is 2.09. The monoisotopic (exact) mass is 291 g/mol. The van der Waals surface area contributed by atoms with Gasteiger partial charge in [0.25, 0.3) is 0 Å². The Morgan fingerprint density at radius 3 is 2.38 bits per heavy atom. The lowest BCUT2D eigenvalue weighted by Crippen LogP contribution is -2.23. The van der Waals surface area contributed by atoms with E-state index in [1.54, 1.807) is 30.3 Å². The quantitative estimate of drug-likeness (QED) is 0.896. The topological polar surface area (TPSA) is 35.2 Å². The van der Waals surface area contributed by atoms with E-state index in [0.29, 0.717) is 5.75 Å². The normalized spacial score (nSPS) is 13.0. The maximum absolute atomic E-state index is 14.0. The van der Waals surface area contributed by atoms with Crippen LogP contribution >= 0.6 is 0 Å². The van der Waals surface area contributed by atoms with E-state index in [1.165, 1.54) is 12.1 Å². The summed E-state index contributed by atoms with van der Waals surface area (Å²) in [5, 5.41) is 0. The molecule has 0 fully saturated rings. The van der Waals surface area contributed by atoms with Crippen molar-refractivity contribution in [1.29, 1.82) is 0 Å². The second-order valence-electron chi connectivity index (χ2n) is 5.17. The first-order valence-electron chi connectivity index (χ1n) is 6.82. The van der Waals surface area contributed by atoms with E-state index in [1.807, 2.05) is 19.9 Å². The fourth-order valence-corrected chi connectivity index (χ4v) is 2.05. The molecule has 0 spiro atoms. The number of ether oxygens (including phenoxy) is 1. The van der Waals surface area contributed by atoms with Crippen LogP contribution in [0.1, 0.15) is 29.7 Å². The Kier molecular flexibility index (Phi) is 4.58. The molecule has 4 heteroatoms. The molecule has 21 heavy (non-hydrogen) atoms. The van der Waals surface area contributed by atoms with Gasteiger partial charge in [-0.05, 0) is 31.0 Å². The number of halogens is 2. The van der Waals surface area contributed by atoms with Crippen molar-refractivity contribution in [2.24, 2.45) is 5.73 Å². The Morgan fingerprint density at radius 1 is 1.14 bits per heavy atom. The lowest BCUT2D eigenvalue weighted by atomic mass is 10.1. The lowest BCUT2D eigenvalue weighted by molar-refractivity contribution is -0.0468. The second-order valence-corrected chi connectivity index (χ2v) is 5.17. The van der Waals surface area contributed by atoms with Crippen molar-refractivity contribution in [2.45, 2.75) is 25.8 Å². The SMILES string of the molecule is Cc1cc([C@H](C)N)ccc1OCC(F)(F)c1ccccc1. The van der Waals surface area contributed by atoms with Gasteiger partial charge in [0.15, 0.2) is 6.61 Å². The van der Waals surface area contributed by atoms with Crippen LogP contribution in [0.5, 0.6) is 5.75 Å². The predicted octanol–water partition coefficient (Wildman–Crippen LogP) is 4.19. The summed E-state index contributed by atoms with van der Waals surface area (Å²) in [4.78, 5) is 0. The average Bonchev–Trinajstić information content (AvgIpc) is 2.46. The fourth-order valence-electron chi connectivity index (χ4n) is 2.05. The summed E-state index contributed by atoms with van der Waals surface area (Å²) in [6.07, 6.45) is 0. The van der Waals surface area contributed by atoms with Crippen LogP contribution < -0.4 is 10.5 Å².